The number of carbonyl (C=O) groups is 2. The molecule has 0 aliphatic carbocycles. The lowest BCUT2D eigenvalue weighted by molar-refractivity contribution is -0.151. The van der Waals surface area contributed by atoms with Gasteiger partial charge in [0.2, 0.25) is 5.78 Å². The van der Waals surface area contributed by atoms with Crippen molar-refractivity contribution in [2.24, 2.45) is 0 Å². The van der Waals surface area contributed by atoms with Gasteiger partial charge < -0.3 is 4.74 Å². The topological polar surface area (TPSA) is 43.4 Å². The molecule has 0 radical (unpaired) electrons. The molecular weight excluding hydrogens is 156 g/mol. The third-order valence-electron chi connectivity index (χ3n) is 0.765. The number of ketones is 1. The average Bonchev–Trinajstić information content (AvgIpc) is 1.85. The van der Waals surface area contributed by atoms with Crippen molar-refractivity contribution < 1.29 is 14.3 Å². The van der Waals surface area contributed by atoms with Gasteiger partial charge >= 0.3 is 5.97 Å². The lowest BCUT2D eigenvalue weighted by Gasteiger charge is -1.94. The summed E-state index contributed by atoms with van der Waals surface area (Å²) in [6.45, 7) is 3.25. The largest absolute Gasteiger partial charge is 0.463 e. The molecule has 3 nitrogen and oxygen atoms in total. The minimum Gasteiger partial charge on any atom is -0.463 e. The molecule has 0 fully saturated rings. The van der Waals surface area contributed by atoms with Gasteiger partial charge in [-0.1, -0.05) is 18.2 Å². The zero-order chi connectivity index (χ0) is 8.15. The lowest BCUT2D eigenvalue weighted by atomic mass is 10.3. The molecule has 0 aromatic rings. The van der Waals surface area contributed by atoms with Gasteiger partial charge in [-0.05, 0) is 0 Å². The standard InChI is InChI=1S/C6H7ClO3/c1-4(7)3-5(8)6(9)10-2/h1,3H2,2H3. The zero-order valence-electron chi connectivity index (χ0n) is 5.52. The first-order chi connectivity index (χ1) is 4.57. The summed E-state index contributed by atoms with van der Waals surface area (Å²) in [6, 6.07) is 0. The Bertz CT molecular complexity index is 174. The van der Waals surface area contributed by atoms with Crippen molar-refractivity contribution in [3.63, 3.8) is 0 Å². The van der Waals surface area contributed by atoms with E-state index in [-0.39, 0.29) is 11.5 Å². The summed E-state index contributed by atoms with van der Waals surface area (Å²) in [5.41, 5.74) is 0. The van der Waals surface area contributed by atoms with Gasteiger partial charge in [0.25, 0.3) is 0 Å². The summed E-state index contributed by atoms with van der Waals surface area (Å²) in [5.74, 6) is -1.57. The molecule has 0 aromatic carbocycles. The highest BCUT2D eigenvalue weighted by molar-refractivity contribution is 6.38. The summed E-state index contributed by atoms with van der Waals surface area (Å²) < 4.78 is 4.12. The monoisotopic (exact) mass is 162 g/mol. The van der Waals surface area contributed by atoms with E-state index in [1.165, 1.54) is 0 Å². The normalized spacial score (nSPS) is 8.60. The predicted molar refractivity (Wildman–Crippen MR) is 36.6 cm³/mol. The maximum absolute atomic E-state index is 10.6. The fourth-order valence-electron chi connectivity index (χ4n) is 0.360. The number of hydrogen-bond acceptors (Lipinski definition) is 3. The van der Waals surface area contributed by atoms with E-state index >= 15 is 0 Å². The van der Waals surface area contributed by atoms with E-state index in [0.29, 0.717) is 0 Å². The van der Waals surface area contributed by atoms with Crippen LogP contribution in [0.25, 0.3) is 0 Å². The second-order valence-corrected chi connectivity index (χ2v) is 2.14. The van der Waals surface area contributed by atoms with Crippen molar-refractivity contribution in [2.75, 3.05) is 7.11 Å². The highest BCUT2D eigenvalue weighted by atomic mass is 35.5. The average molecular weight is 163 g/mol. The lowest BCUT2D eigenvalue weighted by Crippen LogP contribution is -2.14. The van der Waals surface area contributed by atoms with Gasteiger partial charge in [-0.15, -0.1) is 0 Å². The molecule has 0 saturated carbocycles. The van der Waals surface area contributed by atoms with Crippen LogP contribution >= 0.6 is 11.6 Å². The zero-order valence-corrected chi connectivity index (χ0v) is 6.27. The van der Waals surface area contributed by atoms with Crippen LogP contribution in [-0.2, 0) is 14.3 Å². The molecule has 0 saturated heterocycles. The fourth-order valence-corrected chi connectivity index (χ4v) is 0.482. The number of halogens is 1. The number of esters is 1. The van der Waals surface area contributed by atoms with Gasteiger partial charge in [-0.2, -0.15) is 0 Å². The first-order valence-corrected chi connectivity index (χ1v) is 2.90. The number of carbonyl (C=O) groups excluding carboxylic acids is 2. The highest BCUT2D eigenvalue weighted by Crippen LogP contribution is 2.03. The third kappa shape index (κ3) is 3.25. The SMILES string of the molecule is C=C(Cl)CC(=O)C(=O)OC. The molecule has 0 aromatic heterocycles. The highest BCUT2D eigenvalue weighted by Gasteiger charge is 2.13. The summed E-state index contributed by atoms with van der Waals surface area (Å²) in [6.07, 6.45) is -0.159. The molecule has 0 aliphatic heterocycles. The Morgan fingerprint density at radius 2 is 2.10 bits per heavy atom. The van der Waals surface area contributed by atoms with Crippen molar-refractivity contribution in [2.45, 2.75) is 6.42 Å². The molecule has 0 amide bonds. The first kappa shape index (κ1) is 9.17. The van der Waals surface area contributed by atoms with Gasteiger partial charge in [0.1, 0.15) is 0 Å². The van der Waals surface area contributed by atoms with Crippen molar-refractivity contribution in [1.29, 1.82) is 0 Å². The van der Waals surface area contributed by atoms with E-state index in [2.05, 4.69) is 11.3 Å². The van der Waals surface area contributed by atoms with Crippen LogP contribution in [0.3, 0.4) is 0 Å². The van der Waals surface area contributed by atoms with Crippen LogP contribution in [0.5, 0.6) is 0 Å². The van der Waals surface area contributed by atoms with Crippen LogP contribution in [0.15, 0.2) is 11.6 Å². The first-order valence-electron chi connectivity index (χ1n) is 2.52. The van der Waals surface area contributed by atoms with Crippen molar-refractivity contribution in [1.82, 2.24) is 0 Å². The van der Waals surface area contributed by atoms with Crippen LogP contribution < -0.4 is 0 Å². The molecule has 0 aliphatic rings. The molecule has 0 heterocycles. The minimum atomic E-state index is -0.887. The number of ether oxygens (including phenoxy) is 1. The van der Waals surface area contributed by atoms with E-state index in [1.54, 1.807) is 0 Å². The number of hydrogen-bond donors (Lipinski definition) is 0. The van der Waals surface area contributed by atoms with Crippen molar-refractivity contribution in [3.05, 3.63) is 11.6 Å². The molecule has 0 atom stereocenters. The quantitative estimate of drug-likeness (QED) is 0.457. The van der Waals surface area contributed by atoms with E-state index in [9.17, 15) is 9.59 Å². The Morgan fingerprint density at radius 3 is 2.40 bits per heavy atom. The summed E-state index contributed by atoms with van der Waals surface area (Å²) >= 11 is 5.25. The van der Waals surface area contributed by atoms with E-state index in [0.717, 1.165) is 7.11 Å². The molecule has 56 valence electrons. The Kier molecular flexibility index (Phi) is 3.72. The molecule has 0 bridgehead atoms. The molecule has 0 spiro atoms. The molecule has 0 rings (SSSR count). The second kappa shape index (κ2) is 4.06. The van der Waals surface area contributed by atoms with Crippen LogP contribution in [0.1, 0.15) is 6.42 Å². The number of Topliss-reactive ketones (excluding diaryl/α,β-unsaturated/α-hetero) is 1. The summed E-state index contributed by atoms with van der Waals surface area (Å²) in [4.78, 5) is 20.9. The van der Waals surface area contributed by atoms with Crippen LogP contribution in [0, 0.1) is 0 Å². The van der Waals surface area contributed by atoms with E-state index in [4.69, 9.17) is 11.6 Å². The smallest absolute Gasteiger partial charge is 0.374 e. The molecule has 10 heavy (non-hydrogen) atoms. The van der Waals surface area contributed by atoms with Crippen molar-refractivity contribution >= 4 is 23.4 Å². The Hall–Kier alpha value is -0.830. The number of rotatable bonds is 3. The van der Waals surface area contributed by atoms with Gasteiger partial charge in [-0.3, -0.25) is 4.79 Å². The molecule has 4 heteroatoms. The van der Waals surface area contributed by atoms with Gasteiger partial charge in [0.05, 0.1) is 13.5 Å². The minimum absolute atomic E-state index is 0.135. The van der Waals surface area contributed by atoms with Crippen LogP contribution in [0.4, 0.5) is 0 Å². The molecule has 0 N–H and O–H groups in total. The van der Waals surface area contributed by atoms with Gasteiger partial charge in [0.15, 0.2) is 0 Å². The third-order valence-corrected chi connectivity index (χ3v) is 0.899. The van der Waals surface area contributed by atoms with Crippen LogP contribution in [-0.4, -0.2) is 18.9 Å². The van der Waals surface area contributed by atoms with Crippen LogP contribution in [0.2, 0.25) is 0 Å². The summed E-state index contributed by atoms with van der Waals surface area (Å²) in [7, 11) is 1.14. The molecular formula is C6H7ClO3. The summed E-state index contributed by atoms with van der Waals surface area (Å²) in [5, 5.41) is 0.135. The second-order valence-electron chi connectivity index (χ2n) is 1.61. The Balaban J connectivity index is 3.86. The maximum atomic E-state index is 10.6. The number of methoxy groups -OCH3 is 1. The van der Waals surface area contributed by atoms with Gasteiger partial charge in [-0.25, -0.2) is 4.79 Å². The van der Waals surface area contributed by atoms with Crippen molar-refractivity contribution in [3.8, 4) is 0 Å². The Labute approximate surface area is 63.6 Å². The van der Waals surface area contributed by atoms with E-state index < -0.39 is 11.8 Å². The van der Waals surface area contributed by atoms with E-state index in [1.807, 2.05) is 0 Å². The van der Waals surface area contributed by atoms with Gasteiger partial charge in [0, 0.05) is 5.03 Å². The molecule has 0 unspecified atom stereocenters. The Morgan fingerprint density at radius 1 is 1.60 bits per heavy atom. The predicted octanol–water partition coefficient (Wildman–Crippen LogP) is 0.871. The number of allylic oxidation sites excluding steroid dienone is 1. The maximum Gasteiger partial charge on any atom is 0.374 e. The fraction of sp³-hybridized carbons (Fsp3) is 0.333.